The topological polar surface area (TPSA) is 46.5 Å². The van der Waals surface area contributed by atoms with Crippen molar-refractivity contribution < 1.29 is 27.8 Å². The summed E-state index contributed by atoms with van der Waals surface area (Å²) in [4.78, 5) is 11.4. The van der Waals surface area contributed by atoms with Gasteiger partial charge in [-0.05, 0) is 31.0 Å². The number of thiophene rings is 1. The molecule has 2 heterocycles. The van der Waals surface area contributed by atoms with Gasteiger partial charge < -0.3 is 9.84 Å². The van der Waals surface area contributed by atoms with Gasteiger partial charge in [-0.2, -0.15) is 0 Å². The highest BCUT2D eigenvalue weighted by Gasteiger charge is 2.28. The number of carbonyl (C=O) groups is 1. The summed E-state index contributed by atoms with van der Waals surface area (Å²) < 4.78 is 48.8. The zero-order chi connectivity index (χ0) is 17.7. The van der Waals surface area contributed by atoms with Crippen molar-refractivity contribution in [2.45, 2.75) is 12.8 Å². The van der Waals surface area contributed by atoms with Crippen LogP contribution >= 0.6 is 11.3 Å². The summed E-state index contributed by atoms with van der Waals surface area (Å²) in [5, 5.41) is 9.77. The van der Waals surface area contributed by atoms with Gasteiger partial charge in [-0.3, -0.25) is 0 Å². The SMILES string of the molecule is O=C(O)c1sc2cc(F)ccc2c1-c1c(F)cc2c(c1F)CCCO2. The van der Waals surface area contributed by atoms with Crippen molar-refractivity contribution in [3.8, 4) is 16.9 Å². The zero-order valence-electron chi connectivity index (χ0n) is 12.7. The van der Waals surface area contributed by atoms with Crippen molar-refractivity contribution in [2.75, 3.05) is 6.61 Å². The first-order valence-corrected chi connectivity index (χ1v) is 8.38. The lowest BCUT2D eigenvalue weighted by atomic mass is 9.95. The van der Waals surface area contributed by atoms with Crippen molar-refractivity contribution >= 4 is 27.4 Å². The molecule has 3 nitrogen and oxygen atoms in total. The second-order valence-electron chi connectivity index (χ2n) is 5.73. The molecule has 0 spiro atoms. The first-order chi connectivity index (χ1) is 12.0. The highest BCUT2D eigenvalue weighted by Crippen LogP contribution is 2.44. The molecule has 0 saturated heterocycles. The Morgan fingerprint density at radius 1 is 1.16 bits per heavy atom. The number of aromatic carboxylic acids is 1. The fourth-order valence-electron chi connectivity index (χ4n) is 3.13. The fourth-order valence-corrected chi connectivity index (χ4v) is 4.20. The van der Waals surface area contributed by atoms with Crippen LogP contribution in [0.15, 0.2) is 24.3 Å². The second kappa shape index (κ2) is 5.77. The summed E-state index contributed by atoms with van der Waals surface area (Å²) in [6.45, 7) is 0.381. The number of fused-ring (bicyclic) bond motifs is 2. The molecule has 25 heavy (non-hydrogen) atoms. The third-order valence-corrected chi connectivity index (χ3v) is 5.34. The number of benzene rings is 2. The van der Waals surface area contributed by atoms with Crippen LogP contribution in [0.1, 0.15) is 21.7 Å². The van der Waals surface area contributed by atoms with Gasteiger partial charge in [-0.25, -0.2) is 18.0 Å². The van der Waals surface area contributed by atoms with E-state index in [-0.39, 0.29) is 21.8 Å². The molecule has 0 radical (unpaired) electrons. The highest BCUT2D eigenvalue weighted by atomic mass is 32.1. The van der Waals surface area contributed by atoms with E-state index in [2.05, 4.69) is 0 Å². The molecule has 1 N–H and O–H groups in total. The van der Waals surface area contributed by atoms with Crippen LogP contribution in [-0.2, 0) is 6.42 Å². The standard InChI is InChI=1S/C18H11F3O3S/c19-8-3-4-10-13(6-8)25-17(18(22)23)14(10)15-11(20)7-12-9(16(15)21)2-1-5-24-12/h3-4,6-7H,1-2,5H2,(H,22,23). The molecule has 1 aliphatic rings. The maximum atomic E-state index is 15.0. The van der Waals surface area contributed by atoms with Gasteiger partial charge in [0.05, 0.1) is 12.2 Å². The van der Waals surface area contributed by atoms with Crippen molar-refractivity contribution in [1.29, 1.82) is 0 Å². The Morgan fingerprint density at radius 3 is 2.72 bits per heavy atom. The number of ether oxygens (including phenoxy) is 1. The van der Waals surface area contributed by atoms with Crippen LogP contribution in [0.4, 0.5) is 13.2 Å². The average Bonchev–Trinajstić information content (AvgIpc) is 2.93. The molecule has 0 atom stereocenters. The Bertz CT molecular complexity index is 1030. The van der Waals surface area contributed by atoms with E-state index < -0.39 is 29.0 Å². The zero-order valence-corrected chi connectivity index (χ0v) is 13.6. The first kappa shape index (κ1) is 16.0. The molecule has 0 unspecified atom stereocenters. The highest BCUT2D eigenvalue weighted by molar-refractivity contribution is 7.21. The Kier molecular flexibility index (Phi) is 3.68. The van der Waals surface area contributed by atoms with Crippen LogP contribution in [0.5, 0.6) is 5.75 Å². The molecule has 1 aliphatic heterocycles. The molecule has 4 rings (SSSR count). The molecular weight excluding hydrogens is 353 g/mol. The molecule has 7 heteroatoms. The summed E-state index contributed by atoms with van der Waals surface area (Å²) >= 11 is 0.792. The predicted molar refractivity (Wildman–Crippen MR) is 87.9 cm³/mol. The number of carboxylic acids is 1. The third-order valence-electron chi connectivity index (χ3n) is 4.20. The summed E-state index contributed by atoms with van der Waals surface area (Å²) in [6, 6.07) is 4.73. The second-order valence-corrected chi connectivity index (χ2v) is 6.78. The van der Waals surface area contributed by atoms with Gasteiger partial charge in [-0.1, -0.05) is 0 Å². The normalized spacial score (nSPS) is 13.6. The lowest BCUT2D eigenvalue weighted by molar-refractivity contribution is 0.0703. The smallest absolute Gasteiger partial charge is 0.346 e. The average molecular weight is 364 g/mol. The van der Waals surface area contributed by atoms with E-state index in [0.717, 1.165) is 29.5 Å². The minimum Gasteiger partial charge on any atom is -0.493 e. The summed E-state index contributed by atoms with van der Waals surface area (Å²) in [7, 11) is 0. The van der Waals surface area contributed by atoms with Crippen molar-refractivity contribution in [1.82, 2.24) is 0 Å². The Labute approximate surface area is 144 Å². The number of rotatable bonds is 2. The van der Waals surface area contributed by atoms with Crippen molar-refractivity contribution in [3.05, 3.63) is 52.2 Å². The van der Waals surface area contributed by atoms with E-state index in [0.29, 0.717) is 29.5 Å². The molecular formula is C18H11F3O3S. The first-order valence-electron chi connectivity index (χ1n) is 7.56. The molecule has 0 amide bonds. The number of hydrogen-bond acceptors (Lipinski definition) is 3. The van der Waals surface area contributed by atoms with E-state index in [1.165, 1.54) is 6.07 Å². The lowest BCUT2D eigenvalue weighted by Crippen LogP contribution is -2.12. The van der Waals surface area contributed by atoms with Gasteiger partial charge in [0.2, 0.25) is 0 Å². The molecule has 128 valence electrons. The van der Waals surface area contributed by atoms with Crippen molar-refractivity contribution in [2.24, 2.45) is 0 Å². The predicted octanol–water partition coefficient (Wildman–Crippen LogP) is 5.01. The van der Waals surface area contributed by atoms with Gasteiger partial charge in [0.1, 0.15) is 28.1 Å². The minimum atomic E-state index is -1.32. The summed E-state index contributed by atoms with van der Waals surface area (Å²) in [5.41, 5.74) is -0.226. The van der Waals surface area contributed by atoms with Crippen LogP contribution < -0.4 is 4.74 Å². The largest absolute Gasteiger partial charge is 0.493 e. The maximum Gasteiger partial charge on any atom is 0.346 e. The molecule has 3 aromatic rings. The van der Waals surface area contributed by atoms with Gasteiger partial charge in [0, 0.05) is 27.3 Å². The van der Waals surface area contributed by atoms with Crippen LogP contribution in [0, 0.1) is 17.5 Å². The van der Waals surface area contributed by atoms with Gasteiger partial charge >= 0.3 is 5.97 Å². The van der Waals surface area contributed by atoms with Gasteiger partial charge in [-0.15, -0.1) is 11.3 Å². The third kappa shape index (κ3) is 2.46. The Morgan fingerprint density at radius 2 is 1.96 bits per heavy atom. The van der Waals surface area contributed by atoms with Crippen LogP contribution in [0.2, 0.25) is 0 Å². The quantitative estimate of drug-likeness (QED) is 0.695. The molecule has 1 aromatic heterocycles. The van der Waals surface area contributed by atoms with Gasteiger partial charge in [0.25, 0.3) is 0 Å². The molecule has 0 aliphatic carbocycles. The van der Waals surface area contributed by atoms with Crippen LogP contribution in [0.25, 0.3) is 21.2 Å². The van der Waals surface area contributed by atoms with Crippen LogP contribution in [0.3, 0.4) is 0 Å². The van der Waals surface area contributed by atoms with E-state index in [9.17, 15) is 18.7 Å². The Balaban J connectivity index is 2.08. The number of hydrogen-bond donors (Lipinski definition) is 1. The molecule has 2 aromatic carbocycles. The monoisotopic (exact) mass is 364 g/mol. The Hall–Kier alpha value is -2.54. The molecule has 0 bridgehead atoms. The van der Waals surface area contributed by atoms with Gasteiger partial charge in [0.15, 0.2) is 0 Å². The summed E-state index contributed by atoms with van der Waals surface area (Å²) in [6.07, 6.45) is 0.976. The number of halogens is 3. The molecule has 0 fully saturated rings. The maximum absolute atomic E-state index is 15.0. The van der Waals surface area contributed by atoms with E-state index in [1.807, 2.05) is 0 Å². The lowest BCUT2D eigenvalue weighted by Gasteiger charge is -2.20. The number of carboxylic acid groups (broad SMARTS) is 1. The fraction of sp³-hybridized carbons (Fsp3) is 0.167. The van der Waals surface area contributed by atoms with E-state index in [1.54, 1.807) is 0 Å². The van der Waals surface area contributed by atoms with E-state index in [4.69, 9.17) is 4.74 Å². The summed E-state index contributed by atoms with van der Waals surface area (Å²) in [5.74, 6) is -3.43. The van der Waals surface area contributed by atoms with E-state index >= 15 is 4.39 Å². The molecule has 0 saturated carbocycles. The minimum absolute atomic E-state index is 0.0594. The van der Waals surface area contributed by atoms with Crippen molar-refractivity contribution in [3.63, 3.8) is 0 Å². The van der Waals surface area contributed by atoms with Crippen LogP contribution in [-0.4, -0.2) is 17.7 Å².